The molecule has 1 aromatic carbocycles. The average molecular weight is 286 g/mol. The van der Waals surface area contributed by atoms with E-state index in [1.807, 2.05) is 32.8 Å². The topological polar surface area (TPSA) is 36.3 Å². The first-order valence-corrected chi connectivity index (χ1v) is 5.99. The highest BCUT2D eigenvalue weighted by Crippen LogP contribution is 2.33. The van der Waals surface area contributed by atoms with Crippen molar-refractivity contribution in [2.45, 2.75) is 25.6 Å². The van der Waals surface area contributed by atoms with Crippen LogP contribution in [-0.4, -0.2) is 31.1 Å². The smallest absolute Gasteiger partial charge is 0.417 e. The second-order valence-corrected chi connectivity index (χ2v) is 5.31. The summed E-state index contributed by atoms with van der Waals surface area (Å²) in [6.07, 6.45) is -4.54. The van der Waals surface area contributed by atoms with Crippen LogP contribution in [0.1, 0.15) is 25.0 Å². The van der Waals surface area contributed by atoms with E-state index in [4.69, 9.17) is 10.00 Å². The van der Waals surface area contributed by atoms with Gasteiger partial charge in [0, 0.05) is 5.54 Å². The van der Waals surface area contributed by atoms with Gasteiger partial charge in [-0.1, -0.05) is 0 Å². The Bertz CT molecular complexity index is 516. The summed E-state index contributed by atoms with van der Waals surface area (Å²) in [5, 5.41) is 8.81. The van der Waals surface area contributed by atoms with Crippen LogP contribution in [0.5, 0.6) is 5.75 Å². The number of rotatable bonds is 4. The molecule has 0 heterocycles. The van der Waals surface area contributed by atoms with E-state index >= 15 is 0 Å². The van der Waals surface area contributed by atoms with Crippen molar-refractivity contribution in [3.05, 3.63) is 29.3 Å². The summed E-state index contributed by atoms with van der Waals surface area (Å²) in [7, 11) is 3.77. The third-order valence-electron chi connectivity index (χ3n) is 3.22. The third kappa shape index (κ3) is 3.87. The standard InChI is InChI=1S/C14H17F3N2O/c1-13(2,19(3)4)9-20-11-5-6-12(14(15,16)17)10(7-11)8-18/h5-7H,9H2,1-4H3. The Morgan fingerprint density at radius 1 is 1.25 bits per heavy atom. The molecule has 0 aromatic heterocycles. The molecule has 6 heteroatoms. The maximum atomic E-state index is 12.6. The van der Waals surface area contributed by atoms with Crippen molar-refractivity contribution in [2.24, 2.45) is 0 Å². The first kappa shape index (κ1) is 16.3. The third-order valence-corrected chi connectivity index (χ3v) is 3.22. The summed E-state index contributed by atoms with van der Waals surface area (Å²) >= 11 is 0. The fourth-order valence-corrected chi connectivity index (χ4v) is 1.34. The Labute approximate surface area is 116 Å². The van der Waals surface area contributed by atoms with Crippen molar-refractivity contribution in [1.82, 2.24) is 4.90 Å². The van der Waals surface area contributed by atoms with Crippen molar-refractivity contribution in [2.75, 3.05) is 20.7 Å². The monoisotopic (exact) mass is 286 g/mol. The lowest BCUT2D eigenvalue weighted by molar-refractivity contribution is -0.137. The summed E-state index contributed by atoms with van der Waals surface area (Å²) in [5.41, 5.74) is -1.65. The molecule has 0 bridgehead atoms. The molecule has 0 saturated heterocycles. The zero-order valence-electron chi connectivity index (χ0n) is 11.9. The van der Waals surface area contributed by atoms with Crippen molar-refractivity contribution in [3.8, 4) is 11.8 Å². The molecule has 1 rings (SSSR count). The van der Waals surface area contributed by atoms with E-state index < -0.39 is 17.3 Å². The van der Waals surface area contributed by atoms with E-state index in [9.17, 15) is 13.2 Å². The predicted molar refractivity (Wildman–Crippen MR) is 69.4 cm³/mol. The summed E-state index contributed by atoms with van der Waals surface area (Å²) < 4.78 is 43.4. The maximum absolute atomic E-state index is 12.6. The Morgan fingerprint density at radius 2 is 1.85 bits per heavy atom. The molecule has 0 aliphatic rings. The van der Waals surface area contributed by atoms with Crippen LogP contribution in [0.3, 0.4) is 0 Å². The Morgan fingerprint density at radius 3 is 2.30 bits per heavy atom. The number of halogens is 3. The van der Waals surface area contributed by atoms with Crippen LogP contribution in [0.15, 0.2) is 18.2 Å². The molecule has 0 fully saturated rings. The zero-order chi connectivity index (χ0) is 15.6. The highest BCUT2D eigenvalue weighted by atomic mass is 19.4. The number of hydrogen-bond donors (Lipinski definition) is 0. The highest BCUT2D eigenvalue weighted by molar-refractivity contribution is 5.44. The van der Waals surface area contributed by atoms with Gasteiger partial charge < -0.3 is 9.64 Å². The highest BCUT2D eigenvalue weighted by Gasteiger charge is 2.33. The molecule has 0 N–H and O–H groups in total. The van der Waals surface area contributed by atoms with Crippen LogP contribution in [0.4, 0.5) is 13.2 Å². The van der Waals surface area contributed by atoms with Gasteiger partial charge in [0.05, 0.1) is 17.2 Å². The second-order valence-electron chi connectivity index (χ2n) is 5.31. The van der Waals surface area contributed by atoms with Gasteiger partial charge in [-0.05, 0) is 46.1 Å². The molecule has 0 aliphatic heterocycles. The molecule has 20 heavy (non-hydrogen) atoms. The van der Waals surface area contributed by atoms with Crippen LogP contribution in [0.25, 0.3) is 0 Å². The lowest BCUT2D eigenvalue weighted by Gasteiger charge is -2.32. The number of hydrogen-bond acceptors (Lipinski definition) is 3. The second kappa shape index (κ2) is 5.71. The summed E-state index contributed by atoms with van der Waals surface area (Å²) in [4.78, 5) is 1.95. The van der Waals surface area contributed by atoms with Crippen LogP contribution < -0.4 is 4.74 Å². The van der Waals surface area contributed by atoms with Gasteiger partial charge in [0.2, 0.25) is 0 Å². The fourth-order valence-electron chi connectivity index (χ4n) is 1.34. The first-order chi connectivity index (χ1) is 9.08. The number of likely N-dealkylation sites (N-methyl/N-ethyl adjacent to an activating group) is 1. The number of nitrogens with zero attached hydrogens (tertiary/aromatic N) is 2. The lowest BCUT2D eigenvalue weighted by atomic mass is 10.1. The lowest BCUT2D eigenvalue weighted by Crippen LogP contribution is -2.43. The van der Waals surface area contributed by atoms with Gasteiger partial charge >= 0.3 is 6.18 Å². The quantitative estimate of drug-likeness (QED) is 0.852. The Kier molecular flexibility index (Phi) is 4.66. The van der Waals surface area contributed by atoms with Crippen molar-refractivity contribution < 1.29 is 17.9 Å². The van der Waals surface area contributed by atoms with Gasteiger partial charge in [-0.25, -0.2) is 0 Å². The van der Waals surface area contributed by atoms with Gasteiger partial charge in [-0.3, -0.25) is 0 Å². The van der Waals surface area contributed by atoms with E-state index in [-0.39, 0.29) is 11.3 Å². The van der Waals surface area contributed by atoms with Crippen molar-refractivity contribution >= 4 is 0 Å². The maximum Gasteiger partial charge on any atom is 0.417 e. The number of alkyl halides is 3. The minimum Gasteiger partial charge on any atom is -0.492 e. The SMILES string of the molecule is CN(C)C(C)(C)COc1ccc(C(F)(F)F)c(C#N)c1. The van der Waals surface area contributed by atoms with Crippen LogP contribution in [0, 0.1) is 11.3 Å². The molecule has 0 radical (unpaired) electrons. The Hall–Kier alpha value is -1.74. The average Bonchev–Trinajstić information content (AvgIpc) is 2.34. The molecule has 0 saturated carbocycles. The van der Waals surface area contributed by atoms with Gasteiger partial charge in [-0.2, -0.15) is 18.4 Å². The largest absolute Gasteiger partial charge is 0.492 e. The van der Waals surface area contributed by atoms with E-state index in [1.54, 1.807) is 6.07 Å². The van der Waals surface area contributed by atoms with Crippen molar-refractivity contribution in [1.29, 1.82) is 5.26 Å². The fraction of sp³-hybridized carbons (Fsp3) is 0.500. The zero-order valence-corrected chi connectivity index (χ0v) is 11.9. The number of benzene rings is 1. The molecular weight excluding hydrogens is 269 g/mol. The van der Waals surface area contributed by atoms with Gasteiger partial charge in [-0.15, -0.1) is 0 Å². The van der Waals surface area contributed by atoms with Crippen LogP contribution >= 0.6 is 0 Å². The Balaban J connectivity index is 2.93. The summed E-state index contributed by atoms with van der Waals surface area (Å²) in [6.45, 7) is 4.20. The molecule has 0 spiro atoms. The van der Waals surface area contributed by atoms with E-state index in [2.05, 4.69) is 0 Å². The minimum absolute atomic E-state index is 0.254. The minimum atomic E-state index is -4.54. The van der Waals surface area contributed by atoms with Gasteiger partial charge in [0.1, 0.15) is 12.4 Å². The predicted octanol–water partition coefficient (Wildman–Crippen LogP) is 3.30. The molecule has 0 unspecified atom stereocenters. The molecular formula is C14H17F3N2O. The van der Waals surface area contributed by atoms with Crippen LogP contribution in [-0.2, 0) is 6.18 Å². The van der Waals surface area contributed by atoms with Crippen molar-refractivity contribution in [3.63, 3.8) is 0 Å². The first-order valence-electron chi connectivity index (χ1n) is 5.99. The van der Waals surface area contributed by atoms with Crippen LogP contribution in [0.2, 0.25) is 0 Å². The number of nitriles is 1. The normalized spacial score (nSPS) is 12.3. The molecule has 1 aromatic rings. The molecule has 0 atom stereocenters. The van der Waals surface area contributed by atoms with Gasteiger partial charge in [0.15, 0.2) is 0 Å². The van der Waals surface area contributed by atoms with E-state index in [1.165, 1.54) is 6.07 Å². The molecule has 0 aliphatic carbocycles. The molecule has 110 valence electrons. The summed E-state index contributed by atoms with van der Waals surface area (Å²) in [5.74, 6) is 0.254. The van der Waals surface area contributed by atoms with Gasteiger partial charge in [0.25, 0.3) is 0 Å². The number of ether oxygens (including phenoxy) is 1. The molecule has 0 amide bonds. The summed E-state index contributed by atoms with van der Waals surface area (Å²) in [6, 6.07) is 4.77. The van der Waals surface area contributed by atoms with E-state index in [0.29, 0.717) is 6.61 Å². The van der Waals surface area contributed by atoms with E-state index in [0.717, 1.165) is 12.1 Å². The molecule has 3 nitrogen and oxygen atoms in total.